The Bertz CT molecular complexity index is 1060. The molecule has 0 spiro atoms. The van der Waals surface area contributed by atoms with Crippen molar-refractivity contribution in [2.45, 2.75) is 69.5 Å². The Morgan fingerprint density at radius 3 is 1.63 bits per heavy atom. The lowest BCUT2D eigenvalue weighted by atomic mass is 9.93. The van der Waals surface area contributed by atoms with Crippen LogP contribution >= 0.6 is 0 Å². The van der Waals surface area contributed by atoms with E-state index in [1.165, 1.54) is 0 Å². The van der Waals surface area contributed by atoms with E-state index in [1.54, 1.807) is 13.2 Å². The van der Waals surface area contributed by atoms with Crippen molar-refractivity contribution in [3.63, 3.8) is 0 Å². The number of hydrogen-bond donors (Lipinski definition) is 1. The van der Waals surface area contributed by atoms with Crippen LogP contribution in [0.4, 0.5) is 0 Å². The molecular weight excluding hydrogens is 480 g/mol. The van der Waals surface area contributed by atoms with Crippen molar-refractivity contribution in [2.24, 2.45) is 0 Å². The third-order valence-electron chi connectivity index (χ3n) is 6.62. The SMILES string of the molecule is C=CC[C@@H](O)C[C@H]1O[C@H](OC)[C@H](OCc2ccccc2)[C@@H](OCc2ccccc2)[C@@H]1OCc1ccccc1. The molecule has 0 radical (unpaired) electrons. The highest BCUT2D eigenvalue weighted by atomic mass is 16.7. The lowest BCUT2D eigenvalue weighted by Crippen LogP contribution is -2.61. The van der Waals surface area contributed by atoms with Gasteiger partial charge in [-0.15, -0.1) is 6.58 Å². The Hall–Kier alpha value is -2.84. The molecule has 1 fully saturated rings. The average Bonchev–Trinajstić information content (AvgIpc) is 2.96. The molecule has 3 aromatic rings. The molecule has 6 nitrogen and oxygen atoms in total. The van der Waals surface area contributed by atoms with Crippen molar-refractivity contribution in [1.82, 2.24) is 0 Å². The Kier molecular flexibility index (Phi) is 11.1. The molecular formula is C32H38O6. The fourth-order valence-corrected chi connectivity index (χ4v) is 4.68. The number of methoxy groups -OCH3 is 1. The molecule has 6 heteroatoms. The minimum Gasteiger partial charge on any atom is -0.393 e. The normalized spacial score (nSPS) is 24.1. The first-order valence-electron chi connectivity index (χ1n) is 13.1. The Morgan fingerprint density at radius 1 is 0.737 bits per heavy atom. The Morgan fingerprint density at radius 2 is 1.18 bits per heavy atom. The zero-order valence-electron chi connectivity index (χ0n) is 21.9. The minimum absolute atomic E-state index is 0.349. The van der Waals surface area contributed by atoms with Crippen LogP contribution in [-0.4, -0.2) is 49.0 Å². The van der Waals surface area contributed by atoms with Gasteiger partial charge < -0.3 is 28.8 Å². The van der Waals surface area contributed by atoms with Gasteiger partial charge in [-0.1, -0.05) is 97.1 Å². The zero-order chi connectivity index (χ0) is 26.6. The van der Waals surface area contributed by atoms with Crippen molar-refractivity contribution in [1.29, 1.82) is 0 Å². The highest BCUT2D eigenvalue weighted by Gasteiger charge is 2.49. The average molecular weight is 519 g/mol. The maximum absolute atomic E-state index is 10.7. The molecule has 1 aliphatic heterocycles. The monoisotopic (exact) mass is 518 g/mol. The summed E-state index contributed by atoms with van der Waals surface area (Å²) < 4.78 is 31.7. The van der Waals surface area contributed by atoms with Gasteiger partial charge in [0.2, 0.25) is 0 Å². The summed E-state index contributed by atoms with van der Waals surface area (Å²) >= 11 is 0. The summed E-state index contributed by atoms with van der Waals surface area (Å²) in [6, 6.07) is 30.0. The summed E-state index contributed by atoms with van der Waals surface area (Å²) in [5.41, 5.74) is 3.12. The van der Waals surface area contributed by atoms with E-state index in [-0.39, 0.29) is 0 Å². The topological polar surface area (TPSA) is 66.4 Å². The lowest BCUT2D eigenvalue weighted by molar-refractivity contribution is -0.320. The molecule has 0 saturated carbocycles. The van der Waals surface area contributed by atoms with Gasteiger partial charge >= 0.3 is 0 Å². The second-order valence-corrected chi connectivity index (χ2v) is 9.48. The van der Waals surface area contributed by atoms with Crippen molar-refractivity contribution in [3.05, 3.63) is 120 Å². The van der Waals surface area contributed by atoms with Crippen molar-refractivity contribution >= 4 is 0 Å². The molecule has 0 bridgehead atoms. The molecule has 1 heterocycles. The van der Waals surface area contributed by atoms with Crippen LogP contribution in [0, 0.1) is 0 Å². The van der Waals surface area contributed by atoms with Crippen LogP contribution in [0.25, 0.3) is 0 Å². The van der Waals surface area contributed by atoms with Gasteiger partial charge in [0.25, 0.3) is 0 Å². The van der Waals surface area contributed by atoms with E-state index in [4.69, 9.17) is 23.7 Å². The fraction of sp³-hybridized carbons (Fsp3) is 0.375. The van der Waals surface area contributed by atoms with Gasteiger partial charge in [0.05, 0.1) is 32.0 Å². The predicted octanol–water partition coefficient (Wildman–Crippen LogP) is 5.44. The molecule has 6 atom stereocenters. The second-order valence-electron chi connectivity index (χ2n) is 9.48. The maximum Gasteiger partial charge on any atom is 0.186 e. The quantitative estimate of drug-likeness (QED) is 0.287. The van der Waals surface area contributed by atoms with E-state index in [2.05, 4.69) is 6.58 Å². The van der Waals surface area contributed by atoms with Crippen LogP contribution in [0.15, 0.2) is 104 Å². The number of benzene rings is 3. The van der Waals surface area contributed by atoms with Gasteiger partial charge in [0.1, 0.15) is 18.3 Å². The first kappa shape index (κ1) is 28.2. The maximum atomic E-state index is 10.7. The van der Waals surface area contributed by atoms with Crippen LogP contribution in [-0.2, 0) is 43.5 Å². The largest absolute Gasteiger partial charge is 0.393 e. The molecule has 0 aromatic heterocycles. The van der Waals surface area contributed by atoms with E-state index < -0.39 is 36.8 Å². The number of aliphatic hydroxyl groups is 1. The molecule has 3 aromatic carbocycles. The molecule has 1 saturated heterocycles. The van der Waals surface area contributed by atoms with Crippen LogP contribution < -0.4 is 0 Å². The number of rotatable bonds is 14. The summed E-state index contributed by atoms with van der Waals surface area (Å²) in [4.78, 5) is 0. The second kappa shape index (κ2) is 14.9. The van der Waals surface area contributed by atoms with E-state index in [0.717, 1.165) is 16.7 Å². The lowest BCUT2D eigenvalue weighted by Gasteiger charge is -2.46. The molecule has 0 aliphatic carbocycles. The summed E-state index contributed by atoms with van der Waals surface area (Å²) in [6.07, 6.45) is -0.877. The first-order chi connectivity index (χ1) is 18.7. The fourth-order valence-electron chi connectivity index (χ4n) is 4.68. The minimum atomic E-state index is -0.697. The van der Waals surface area contributed by atoms with Gasteiger partial charge in [-0.2, -0.15) is 0 Å². The molecule has 38 heavy (non-hydrogen) atoms. The van der Waals surface area contributed by atoms with Gasteiger partial charge in [-0.25, -0.2) is 0 Å². The van der Waals surface area contributed by atoms with Gasteiger partial charge in [-0.3, -0.25) is 0 Å². The standard InChI is InChI=1S/C32H38O6/c1-3-13-27(33)20-28-29(35-21-24-14-7-4-8-15-24)30(36-22-25-16-9-5-10-17-25)31(32(34-2)38-28)37-23-26-18-11-6-12-19-26/h3-12,14-19,27-33H,1,13,20-23H2,2H3/t27-,28-,29-,30+,31-,32+/m1/s1. The van der Waals surface area contributed by atoms with Crippen molar-refractivity contribution in [3.8, 4) is 0 Å². The zero-order valence-corrected chi connectivity index (χ0v) is 21.9. The Balaban J connectivity index is 1.61. The summed E-state index contributed by atoms with van der Waals surface area (Å²) in [5.74, 6) is 0. The predicted molar refractivity (Wildman–Crippen MR) is 146 cm³/mol. The van der Waals surface area contributed by atoms with Crippen molar-refractivity contribution < 1.29 is 28.8 Å². The van der Waals surface area contributed by atoms with Crippen LogP contribution in [0.3, 0.4) is 0 Å². The third kappa shape index (κ3) is 8.08. The summed E-state index contributed by atoms with van der Waals surface area (Å²) in [7, 11) is 1.60. The van der Waals surface area contributed by atoms with Gasteiger partial charge in [0, 0.05) is 13.5 Å². The Labute approximate surface area is 225 Å². The number of aliphatic hydroxyl groups excluding tert-OH is 1. The van der Waals surface area contributed by atoms with Crippen LogP contribution in [0.5, 0.6) is 0 Å². The highest BCUT2D eigenvalue weighted by molar-refractivity contribution is 5.15. The number of ether oxygens (including phenoxy) is 5. The summed E-state index contributed by atoms with van der Waals surface area (Å²) in [5, 5.41) is 10.7. The third-order valence-corrected chi connectivity index (χ3v) is 6.62. The van der Waals surface area contributed by atoms with E-state index in [9.17, 15) is 5.11 Å². The smallest absolute Gasteiger partial charge is 0.186 e. The molecule has 1 N–H and O–H groups in total. The number of hydrogen-bond acceptors (Lipinski definition) is 6. The molecule has 0 amide bonds. The molecule has 4 rings (SSSR count). The van der Waals surface area contributed by atoms with E-state index >= 15 is 0 Å². The van der Waals surface area contributed by atoms with Crippen LogP contribution in [0.2, 0.25) is 0 Å². The van der Waals surface area contributed by atoms with Gasteiger partial charge in [0.15, 0.2) is 6.29 Å². The van der Waals surface area contributed by atoms with E-state index in [0.29, 0.717) is 32.7 Å². The first-order valence-corrected chi connectivity index (χ1v) is 13.1. The van der Waals surface area contributed by atoms with Crippen LogP contribution in [0.1, 0.15) is 29.5 Å². The molecule has 1 aliphatic rings. The van der Waals surface area contributed by atoms with Crippen molar-refractivity contribution in [2.75, 3.05) is 7.11 Å². The summed E-state index contributed by atoms with van der Waals surface area (Å²) in [6.45, 7) is 4.88. The molecule has 202 valence electrons. The van der Waals surface area contributed by atoms with Gasteiger partial charge in [-0.05, 0) is 23.1 Å². The van der Waals surface area contributed by atoms with E-state index in [1.807, 2.05) is 91.0 Å². The highest BCUT2D eigenvalue weighted by Crippen LogP contribution is 2.33. The molecule has 0 unspecified atom stereocenters.